The molecule has 0 atom stereocenters. The number of fused-ring (bicyclic) bond motifs is 1. The van der Waals surface area contributed by atoms with Crippen molar-refractivity contribution >= 4 is 27.5 Å². The molecule has 0 saturated heterocycles. The summed E-state index contributed by atoms with van der Waals surface area (Å²) in [6.07, 6.45) is 0.292. The van der Waals surface area contributed by atoms with Crippen LogP contribution in [0, 0.1) is 0 Å². The molecule has 0 aliphatic rings. The van der Waals surface area contributed by atoms with Crippen LogP contribution in [0.1, 0.15) is 35.1 Å². The Hall–Kier alpha value is -3.14. The molecular weight excluding hydrogens is 458 g/mol. The number of nitrogens with one attached hydrogen (secondary N) is 1. The molecule has 3 aromatic heterocycles. The Morgan fingerprint density at radius 1 is 1.27 bits per heavy atom. The molecule has 0 radical (unpaired) electrons. The second-order valence-corrected chi connectivity index (χ2v) is 7.34. The van der Waals surface area contributed by atoms with E-state index in [1.807, 2.05) is 19.2 Å². The smallest absolute Gasteiger partial charge is 0.280 e. The highest BCUT2D eigenvalue weighted by atomic mass is 79.9. The summed E-state index contributed by atoms with van der Waals surface area (Å²) in [5, 5.41) is 11.1. The number of nitrogens with zero attached hydrogens (tertiary/aromatic N) is 5. The Balaban J connectivity index is 1.69. The number of hydrogen-bond donors (Lipinski definition) is 1. The van der Waals surface area contributed by atoms with Crippen LogP contribution in [0.3, 0.4) is 0 Å². The maximum absolute atomic E-state index is 13.6. The lowest BCUT2D eigenvalue weighted by atomic mass is 10.1. The van der Waals surface area contributed by atoms with E-state index < -0.39 is 12.3 Å². The maximum Gasteiger partial charge on any atom is 0.280 e. The Labute approximate surface area is 178 Å². The number of carbonyl (C=O) groups is 1. The van der Waals surface area contributed by atoms with Gasteiger partial charge in [-0.1, -0.05) is 30.3 Å². The minimum atomic E-state index is -2.78. The first-order valence-electron chi connectivity index (χ1n) is 9.20. The van der Waals surface area contributed by atoms with Crippen LogP contribution in [0.2, 0.25) is 0 Å². The van der Waals surface area contributed by atoms with Gasteiger partial charge >= 0.3 is 0 Å². The summed E-state index contributed by atoms with van der Waals surface area (Å²) in [5.74, 6) is -0.471. The van der Waals surface area contributed by atoms with Gasteiger partial charge < -0.3 is 5.32 Å². The monoisotopic (exact) mass is 474 g/mol. The highest BCUT2D eigenvalue weighted by molar-refractivity contribution is 9.10. The summed E-state index contributed by atoms with van der Waals surface area (Å²) < 4.78 is 30.8. The van der Waals surface area contributed by atoms with Crippen molar-refractivity contribution in [3.05, 3.63) is 70.2 Å². The molecule has 0 saturated carbocycles. The van der Waals surface area contributed by atoms with E-state index >= 15 is 0 Å². The standard InChI is InChI=1S/C20H17BrF2N6O/c1-2-28-11-14(21)16(27-28)10-24-20(30)13-9-25-29-17(18(22)23)8-15(26-19(13)29)12-6-4-3-5-7-12/h3-9,11,18H,2,10H2,1H3,(H,24,30). The molecule has 0 bridgehead atoms. The molecule has 0 unspecified atom stereocenters. The third-order valence-electron chi connectivity index (χ3n) is 4.56. The van der Waals surface area contributed by atoms with Crippen LogP contribution in [-0.2, 0) is 13.1 Å². The fourth-order valence-corrected chi connectivity index (χ4v) is 3.49. The maximum atomic E-state index is 13.6. The third-order valence-corrected chi connectivity index (χ3v) is 5.23. The molecular formula is C20H17BrF2N6O. The lowest BCUT2D eigenvalue weighted by Gasteiger charge is -2.08. The van der Waals surface area contributed by atoms with Crippen molar-refractivity contribution in [2.45, 2.75) is 26.4 Å². The number of benzene rings is 1. The number of halogens is 3. The summed E-state index contributed by atoms with van der Waals surface area (Å²) in [6, 6.07) is 10.2. The van der Waals surface area contributed by atoms with Crippen LogP contribution >= 0.6 is 15.9 Å². The fourth-order valence-electron chi connectivity index (χ4n) is 3.04. The predicted octanol–water partition coefficient (Wildman–Crippen LogP) is 4.24. The molecule has 4 rings (SSSR count). The molecule has 30 heavy (non-hydrogen) atoms. The number of alkyl halides is 2. The van der Waals surface area contributed by atoms with E-state index in [1.165, 1.54) is 12.3 Å². The lowest BCUT2D eigenvalue weighted by molar-refractivity contribution is 0.0951. The summed E-state index contributed by atoms with van der Waals surface area (Å²) in [4.78, 5) is 17.2. The highest BCUT2D eigenvalue weighted by Gasteiger charge is 2.21. The van der Waals surface area contributed by atoms with E-state index in [2.05, 4.69) is 36.4 Å². The Kier molecular flexibility index (Phi) is 5.58. The van der Waals surface area contributed by atoms with Crippen molar-refractivity contribution < 1.29 is 13.6 Å². The van der Waals surface area contributed by atoms with Crippen LogP contribution in [0.4, 0.5) is 8.78 Å². The van der Waals surface area contributed by atoms with Gasteiger partial charge in [-0.3, -0.25) is 9.48 Å². The molecule has 0 aliphatic heterocycles. The van der Waals surface area contributed by atoms with E-state index in [1.54, 1.807) is 28.9 Å². The van der Waals surface area contributed by atoms with Crippen molar-refractivity contribution in [2.24, 2.45) is 0 Å². The Morgan fingerprint density at radius 3 is 2.70 bits per heavy atom. The van der Waals surface area contributed by atoms with Crippen molar-refractivity contribution in [2.75, 3.05) is 0 Å². The first kappa shape index (κ1) is 20.1. The van der Waals surface area contributed by atoms with Gasteiger partial charge in [0, 0.05) is 18.3 Å². The third kappa shape index (κ3) is 3.82. The van der Waals surface area contributed by atoms with Gasteiger partial charge in [-0.2, -0.15) is 10.2 Å². The molecule has 10 heteroatoms. The number of amides is 1. The number of carbonyl (C=O) groups excluding carboxylic acids is 1. The quantitative estimate of drug-likeness (QED) is 0.453. The molecule has 1 aromatic carbocycles. The molecule has 1 amide bonds. The zero-order valence-corrected chi connectivity index (χ0v) is 17.5. The van der Waals surface area contributed by atoms with Gasteiger partial charge in [-0.25, -0.2) is 18.3 Å². The minimum absolute atomic E-state index is 0.0716. The molecule has 4 aromatic rings. The van der Waals surface area contributed by atoms with Crippen molar-refractivity contribution in [1.82, 2.24) is 29.7 Å². The predicted molar refractivity (Wildman–Crippen MR) is 110 cm³/mol. The fraction of sp³-hybridized carbons (Fsp3) is 0.200. The highest BCUT2D eigenvalue weighted by Crippen LogP contribution is 2.26. The van der Waals surface area contributed by atoms with Crippen LogP contribution in [0.25, 0.3) is 16.9 Å². The largest absolute Gasteiger partial charge is 0.346 e. The number of hydrogen-bond acceptors (Lipinski definition) is 4. The van der Waals surface area contributed by atoms with Crippen LogP contribution in [-0.4, -0.2) is 30.3 Å². The zero-order valence-electron chi connectivity index (χ0n) is 15.9. The molecule has 0 aliphatic carbocycles. The summed E-state index contributed by atoms with van der Waals surface area (Å²) >= 11 is 3.41. The molecule has 0 fully saturated rings. The van der Waals surface area contributed by atoms with Gasteiger partial charge in [0.2, 0.25) is 0 Å². The van der Waals surface area contributed by atoms with Crippen molar-refractivity contribution in [1.29, 1.82) is 0 Å². The van der Waals surface area contributed by atoms with E-state index in [-0.39, 0.29) is 23.4 Å². The summed E-state index contributed by atoms with van der Waals surface area (Å²) in [5.41, 5.74) is 1.53. The second-order valence-electron chi connectivity index (χ2n) is 6.49. The lowest BCUT2D eigenvalue weighted by Crippen LogP contribution is -2.23. The van der Waals surface area contributed by atoms with Gasteiger partial charge in [0.15, 0.2) is 5.65 Å². The normalized spacial score (nSPS) is 11.4. The zero-order chi connectivity index (χ0) is 21.3. The summed E-state index contributed by atoms with van der Waals surface area (Å²) in [6.45, 7) is 2.82. The Morgan fingerprint density at radius 2 is 2.03 bits per heavy atom. The molecule has 3 heterocycles. The average Bonchev–Trinajstić information content (AvgIpc) is 3.35. The van der Waals surface area contributed by atoms with Crippen molar-refractivity contribution in [3.8, 4) is 11.3 Å². The molecule has 0 spiro atoms. The number of aryl methyl sites for hydroxylation is 1. The molecule has 1 N–H and O–H groups in total. The molecule has 7 nitrogen and oxygen atoms in total. The van der Waals surface area contributed by atoms with E-state index in [9.17, 15) is 13.6 Å². The van der Waals surface area contributed by atoms with Crippen LogP contribution in [0.15, 0.2) is 53.3 Å². The molecule has 154 valence electrons. The van der Waals surface area contributed by atoms with Crippen molar-refractivity contribution in [3.63, 3.8) is 0 Å². The van der Waals surface area contributed by atoms with E-state index in [4.69, 9.17) is 0 Å². The first-order valence-corrected chi connectivity index (χ1v) is 9.99. The SMILES string of the molecule is CCn1cc(Br)c(CNC(=O)c2cnn3c(C(F)F)cc(-c4ccccc4)nc23)n1. The first-order chi connectivity index (χ1) is 14.5. The Bertz CT molecular complexity index is 1200. The minimum Gasteiger partial charge on any atom is -0.346 e. The number of rotatable bonds is 6. The van der Waals surface area contributed by atoms with Gasteiger partial charge in [-0.15, -0.1) is 0 Å². The second kappa shape index (κ2) is 8.31. The topological polar surface area (TPSA) is 77.1 Å². The number of aromatic nitrogens is 5. The summed E-state index contributed by atoms with van der Waals surface area (Å²) in [7, 11) is 0. The van der Waals surface area contributed by atoms with Gasteiger partial charge in [-0.05, 0) is 28.9 Å². The van der Waals surface area contributed by atoms with Gasteiger partial charge in [0.25, 0.3) is 12.3 Å². The average molecular weight is 475 g/mol. The van der Waals surface area contributed by atoms with Gasteiger partial charge in [0.1, 0.15) is 11.3 Å². The van der Waals surface area contributed by atoms with Gasteiger partial charge in [0.05, 0.1) is 28.6 Å². The van der Waals surface area contributed by atoms with Crippen LogP contribution < -0.4 is 5.32 Å². The van der Waals surface area contributed by atoms with E-state index in [0.717, 1.165) is 8.99 Å². The van der Waals surface area contributed by atoms with Crippen LogP contribution in [0.5, 0.6) is 0 Å². The van der Waals surface area contributed by atoms with E-state index in [0.29, 0.717) is 23.5 Å².